The van der Waals surface area contributed by atoms with Crippen molar-refractivity contribution in [3.8, 4) is 6.01 Å². The molecule has 0 saturated carbocycles. The normalized spacial score (nSPS) is 15.5. The molecule has 0 atom stereocenters. The molecule has 0 unspecified atom stereocenters. The summed E-state index contributed by atoms with van der Waals surface area (Å²) in [6.45, 7) is 8.86. The van der Waals surface area contributed by atoms with Crippen LogP contribution in [-0.2, 0) is 0 Å². The Balaban J connectivity index is 2.19. The van der Waals surface area contributed by atoms with E-state index in [-0.39, 0.29) is 6.10 Å². The second-order valence-electron chi connectivity index (χ2n) is 4.93. The van der Waals surface area contributed by atoms with Gasteiger partial charge in [0.15, 0.2) is 0 Å². The topological polar surface area (TPSA) is 63.2 Å². The van der Waals surface area contributed by atoms with Crippen molar-refractivity contribution < 1.29 is 4.74 Å². The van der Waals surface area contributed by atoms with Crippen LogP contribution in [0.3, 0.4) is 0 Å². The van der Waals surface area contributed by atoms with Crippen molar-refractivity contribution in [2.24, 2.45) is 0 Å². The molecule has 7 heteroatoms. The van der Waals surface area contributed by atoms with Crippen LogP contribution in [0, 0.1) is 0 Å². The van der Waals surface area contributed by atoms with E-state index in [1.54, 1.807) is 0 Å². The highest BCUT2D eigenvalue weighted by Crippen LogP contribution is 2.19. The van der Waals surface area contributed by atoms with E-state index < -0.39 is 0 Å². The van der Waals surface area contributed by atoms with Crippen LogP contribution < -0.4 is 15.0 Å². The second kappa shape index (κ2) is 7.52. The highest BCUT2D eigenvalue weighted by atomic mass is 32.2. The predicted molar refractivity (Wildman–Crippen MR) is 83.9 cm³/mol. The summed E-state index contributed by atoms with van der Waals surface area (Å²) >= 11 is 1.97. The Morgan fingerprint density at radius 2 is 2.00 bits per heavy atom. The van der Waals surface area contributed by atoms with Crippen LogP contribution in [0.5, 0.6) is 6.01 Å². The van der Waals surface area contributed by atoms with E-state index in [9.17, 15) is 0 Å². The molecular weight excluding hydrogens is 274 g/mol. The van der Waals surface area contributed by atoms with E-state index in [4.69, 9.17) is 4.74 Å². The summed E-state index contributed by atoms with van der Waals surface area (Å²) in [7, 11) is 0. The summed E-state index contributed by atoms with van der Waals surface area (Å²) in [5.41, 5.74) is 0. The van der Waals surface area contributed by atoms with Crippen molar-refractivity contribution in [3.05, 3.63) is 0 Å². The highest BCUT2D eigenvalue weighted by Gasteiger charge is 2.17. The van der Waals surface area contributed by atoms with E-state index >= 15 is 0 Å². The Hall–Kier alpha value is -1.24. The molecule has 112 valence electrons. The zero-order valence-corrected chi connectivity index (χ0v) is 13.2. The van der Waals surface area contributed by atoms with Crippen LogP contribution in [0.4, 0.5) is 11.9 Å². The first-order valence-electron chi connectivity index (χ1n) is 7.18. The lowest BCUT2D eigenvalue weighted by molar-refractivity contribution is 0.222. The molecule has 0 amide bonds. The third-order valence-corrected chi connectivity index (χ3v) is 3.71. The number of aromatic nitrogens is 3. The molecular formula is C13H23N5OS. The summed E-state index contributed by atoms with van der Waals surface area (Å²) in [6.07, 6.45) is 1.09. The summed E-state index contributed by atoms with van der Waals surface area (Å²) < 4.78 is 5.63. The van der Waals surface area contributed by atoms with Crippen LogP contribution in [0.1, 0.15) is 27.2 Å². The zero-order chi connectivity index (χ0) is 14.4. The van der Waals surface area contributed by atoms with Gasteiger partial charge in [0.2, 0.25) is 11.9 Å². The maximum Gasteiger partial charge on any atom is 0.323 e. The second-order valence-corrected chi connectivity index (χ2v) is 6.16. The summed E-state index contributed by atoms with van der Waals surface area (Å²) in [6, 6.07) is 0.404. The quantitative estimate of drug-likeness (QED) is 0.862. The van der Waals surface area contributed by atoms with Crippen molar-refractivity contribution in [2.45, 2.75) is 33.3 Å². The lowest BCUT2D eigenvalue weighted by atomic mass is 10.5. The SMILES string of the molecule is CCCNc1nc(OC(C)C)nc(N2CCSCC2)n1. The van der Waals surface area contributed by atoms with Gasteiger partial charge in [-0.05, 0) is 20.3 Å². The number of nitrogens with zero attached hydrogens (tertiary/aromatic N) is 4. The summed E-state index contributed by atoms with van der Waals surface area (Å²) in [5.74, 6) is 3.55. The predicted octanol–water partition coefficient (Wildman–Crippen LogP) is 2.03. The molecule has 1 aliphatic rings. The maximum absolute atomic E-state index is 5.63. The number of ether oxygens (including phenoxy) is 1. The molecule has 1 saturated heterocycles. The molecule has 0 spiro atoms. The molecule has 0 radical (unpaired) electrons. The van der Waals surface area contributed by atoms with Crippen molar-refractivity contribution in [1.29, 1.82) is 0 Å². The van der Waals surface area contributed by atoms with Gasteiger partial charge < -0.3 is 15.0 Å². The Morgan fingerprint density at radius 1 is 1.25 bits per heavy atom. The first-order valence-corrected chi connectivity index (χ1v) is 8.33. The minimum absolute atomic E-state index is 0.0567. The summed E-state index contributed by atoms with van der Waals surface area (Å²) in [4.78, 5) is 15.5. The first kappa shape index (κ1) is 15.2. The number of hydrogen-bond donors (Lipinski definition) is 1. The van der Waals surface area contributed by atoms with Crippen LogP contribution in [0.2, 0.25) is 0 Å². The van der Waals surface area contributed by atoms with Crippen molar-refractivity contribution in [3.63, 3.8) is 0 Å². The number of hydrogen-bond acceptors (Lipinski definition) is 7. The van der Waals surface area contributed by atoms with Gasteiger partial charge in [-0.25, -0.2) is 0 Å². The van der Waals surface area contributed by atoms with Gasteiger partial charge in [0.25, 0.3) is 0 Å². The van der Waals surface area contributed by atoms with Crippen LogP contribution in [0.25, 0.3) is 0 Å². The summed E-state index contributed by atoms with van der Waals surface area (Å²) in [5, 5.41) is 3.21. The van der Waals surface area contributed by atoms with Gasteiger partial charge >= 0.3 is 6.01 Å². The third-order valence-electron chi connectivity index (χ3n) is 2.77. The number of thioether (sulfide) groups is 1. The molecule has 2 rings (SSSR count). The molecule has 1 aliphatic heterocycles. The average Bonchev–Trinajstić information content (AvgIpc) is 2.45. The Bertz CT molecular complexity index is 423. The standard InChI is InChI=1S/C13H23N5OS/c1-4-5-14-11-15-12(18-6-8-20-9-7-18)17-13(16-11)19-10(2)3/h10H,4-9H2,1-3H3,(H,14,15,16,17). The van der Waals surface area contributed by atoms with Crippen molar-refractivity contribution in [2.75, 3.05) is 41.4 Å². The number of nitrogens with one attached hydrogen (secondary N) is 1. The van der Waals surface area contributed by atoms with E-state index in [0.29, 0.717) is 12.0 Å². The van der Waals surface area contributed by atoms with Gasteiger partial charge in [-0.1, -0.05) is 6.92 Å². The van der Waals surface area contributed by atoms with Gasteiger partial charge in [-0.2, -0.15) is 26.7 Å². The smallest absolute Gasteiger partial charge is 0.323 e. The van der Waals surface area contributed by atoms with Crippen molar-refractivity contribution in [1.82, 2.24) is 15.0 Å². The average molecular weight is 297 g/mol. The van der Waals surface area contributed by atoms with E-state index in [2.05, 4.69) is 32.1 Å². The molecule has 1 aromatic heterocycles. The van der Waals surface area contributed by atoms with E-state index in [1.807, 2.05) is 25.6 Å². The fourth-order valence-electron chi connectivity index (χ4n) is 1.83. The fraction of sp³-hybridized carbons (Fsp3) is 0.769. The Kier molecular flexibility index (Phi) is 5.70. The largest absolute Gasteiger partial charge is 0.461 e. The van der Waals surface area contributed by atoms with Gasteiger partial charge in [-0.3, -0.25) is 0 Å². The van der Waals surface area contributed by atoms with Crippen molar-refractivity contribution >= 4 is 23.7 Å². The third kappa shape index (κ3) is 4.40. The van der Waals surface area contributed by atoms with Gasteiger partial charge in [0, 0.05) is 31.1 Å². The first-order chi connectivity index (χ1) is 9.69. The molecule has 0 bridgehead atoms. The molecule has 1 N–H and O–H groups in total. The monoisotopic (exact) mass is 297 g/mol. The molecule has 1 fully saturated rings. The van der Waals surface area contributed by atoms with Crippen LogP contribution in [0.15, 0.2) is 0 Å². The minimum atomic E-state index is 0.0567. The van der Waals surface area contributed by atoms with E-state index in [0.717, 1.165) is 43.5 Å². The Labute approximate surface area is 124 Å². The van der Waals surface area contributed by atoms with Gasteiger partial charge in [0.1, 0.15) is 0 Å². The maximum atomic E-state index is 5.63. The molecule has 0 aliphatic carbocycles. The number of anilines is 2. The highest BCUT2D eigenvalue weighted by molar-refractivity contribution is 7.99. The minimum Gasteiger partial charge on any atom is -0.461 e. The van der Waals surface area contributed by atoms with Crippen LogP contribution in [-0.4, -0.2) is 52.2 Å². The fourth-order valence-corrected chi connectivity index (χ4v) is 2.73. The molecule has 0 aromatic carbocycles. The number of rotatable bonds is 6. The molecule has 6 nitrogen and oxygen atoms in total. The zero-order valence-electron chi connectivity index (χ0n) is 12.4. The molecule has 2 heterocycles. The van der Waals surface area contributed by atoms with Gasteiger partial charge in [0.05, 0.1) is 6.10 Å². The Morgan fingerprint density at radius 3 is 2.65 bits per heavy atom. The van der Waals surface area contributed by atoms with Gasteiger partial charge in [-0.15, -0.1) is 0 Å². The molecule has 20 heavy (non-hydrogen) atoms. The van der Waals surface area contributed by atoms with Crippen LogP contribution >= 0.6 is 11.8 Å². The lowest BCUT2D eigenvalue weighted by Gasteiger charge is -2.26. The van der Waals surface area contributed by atoms with E-state index in [1.165, 1.54) is 0 Å². The lowest BCUT2D eigenvalue weighted by Crippen LogP contribution is -2.34. The molecule has 1 aromatic rings.